The molecular weight excluding hydrogens is 380 g/mol. The number of benzene rings is 1. The molecule has 2 aromatic rings. The Hall–Kier alpha value is -3.22. The predicted molar refractivity (Wildman–Crippen MR) is 114 cm³/mol. The fraction of sp³-hybridized carbons (Fsp3) is 0.391. The first-order chi connectivity index (χ1) is 14.5. The lowest BCUT2D eigenvalue weighted by Gasteiger charge is -2.24. The van der Waals surface area contributed by atoms with Gasteiger partial charge in [-0.05, 0) is 30.5 Å². The summed E-state index contributed by atoms with van der Waals surface area (Å²) >= 11 is 0. The van der Waals surface area contributed by atoms with Gasteiger partial charge in [0.15, 0.2) is 0 Å². The number of carbonyl (C=O) groups excluding carboxylic acids is 3. The molecule has 1 saturated heterocycles. The van der Waals surface area contributed by atoms with Crippen LogP contribution in [0.2, 0.25) is 0 Å². The Balaban J connectivity index is 1.84. The molecule has 0 unspecified atom stereocenters. The zero-order valence-electron chi connectivity index (χ0n) is 17.3. The van der Waals surface area contributed by atoms with Gasteiger partial charge >= 0.3 is 0 Å². The van der Waals surface area contributed by atoms with Gasteiger partial charge in [0, 0.05) is 57.0 Å². The van der Waals surface area contributed by atoms with Crippen LogP contribution in [0.15, 0.2) is 48.8 Å². The molecule has 7 heteroatoms. The Morgan fingerprint density at radius 1 is 1.13 bits per heavy atom. The molecule has 3 rings (SSSR count). The highest BCUT2D eigenvalue weighted by Crippen LogP contribution is 2.27. The van der Waals surface area contributed by atoms with Crippen LogP contribution in [0.3, 0.4) is 0 Å². The van der Waals surface area contributed by atoms with Crippen molar-refractivity contribution in [3.8, 4) is 11.1 Å². The zero-order valence-corrected chi connectivity index (χ0v) is 17.3. The van der Waals surface area contributed by atoms with Gasteiger partial charge in [-0.25, -0.2) is 0 Å². The third-order valence-electron chi connectivity index (χ3n) is 5.52. The quantitative estimate of drug-likeness (QED) is 0.756. The minimum Gasteiger partial charge on any atom is -0.370 e. The molecule has 7 nitrogen and oxygen atoms in total. The fourth-order valence-electron chi connectivity index (χ4n) is 3.89. The Morgan fingerprint density at radius 3 is 2.63 bits per heavy atom. The number of rotatable bonds is 7. The number of amides is 3. The van der Waals surface area contributed by atoms with Gasteiger partial charge in [-0.1, -0.05) is 30.3 Å². The summed E-state index contributed by atoms with van der Waals surface area (Å²) in [6, 6.07) is 11.9. The minimum absolute atomic E-state index is 0.0231. The first-order valence-electron chi connectivity index (χ1n) is 10.3. The number of hydrogen-bond acceptors (Lipinski definition) is 4. The van der Waals surface area contributed by atoms with Crippen LogP contribution in [0.5, 0.6) is 0 Å². The molecule has 1 fully saturated rings. The number of likely N-dealkylation sites (N-methyl/N-ethyl adjacent to an activating group) is 1. The van der Waals surface area contributed by atoms with Crippen molar-refractivity contribution in [2.45, 2.75) is 26.2 Å². The number of pyridine rings is 1. The first-order valence-corrected chi connectivity index (χ1v) is 10.3. The van der Waals surface area contributed by atoms with Crippen LogP contribution >= 0.6 is 0 Å². The summed E-state index contributed by atoms with van der Waals surface area (Å²) in [5.74, 6) is -0.914. The molecule has 1 aromatic heterocycles. The SMILES string of the molecule is CCN1CCN(C(=O)CCC(N)=O)C[C@@H](Cc2ccccc2-c2cccnc2)C1=O. The summed E-state index contributed by atoms with van der Waals surface area (Å²) in [6.45, 7) is 3.86. The first kappa shape index (κ1) is 21.5. The summed E-state index contributed by atoms with van der Waals surface area (Å²) in [4.78, 5) is 44.6. The van der Waals surface area contributed by atoms with Gasteiger partial charge in [0.2, 0.25) is 17.7 Å². The Bertz CT molecular complexity index is 900. The maximum absolute atomic E-state index is 13.2. The van der Waals surface area contributed by atoms with E-state index < -0.39 is 5.91 Å². The summed E-state index contributed by atoms with van der Waals surface area (Å²) in [6.07, 6.45) is 4.17. The lowest BCUT2D eigenvalue weighted by Crippen LogP contribution is -2.38. The normalized spacial score (nSPS) is 17.0. The molecule has 2 N–H and O–H groups in total. The number of hydrogen-bond donors (Lipinski definition) is 1. The summed E-state index contributed by atoms with van der Waals surface area (Å²) < 4.78 is 0. The van der Waals surface area contributed by atoms with Gasteiger partial charge < -0.3 is 15.5 Å². The van der Waals surface area contributed by atoms with Crippen molar-refractivity contribution in [2.75, 3.05) is 26.2 Å². The van der Waals surface area contributed by atoms with Crippen molar-refractivity contribution in [1.29, 1.82) is 0 Å². The van der Waals surface area contributed by atoms with Crippen LogP contribution in [-0.2, 0) is 20.8 Å². The molecule has 0 radical (unpaired) electrons. The highest BCUT2D eigenvalue weighted by atomic mass is 16.2. The average Bonchev–Trinajstić information content (AvgIpc) is 2.92. The van der Waals surface area contributed by atoms with Crippen LogP contribution in [0.25, 0.3) is 11.1 Å². The molecular formula is C23H28N4O3. The van der Waals surface area contributed by atoms with Crippen molar-refractivity contribution in [3.05, 3.63) is 54.4 Å². The molecule has 1 aliphatic rings. The molecule has 0 bridgehead atoms. The zero-order chi connectivity index (χ0) is 21.5. The van der Waals surface area contributed by atoms with Gasteiger partial charge in [0.25, 0.3) is 0 Å². The Kier molecular flexibility index (Phi) is 7.17. The van der Waals surface area contributed by atoms with Crippen LogP contribution < -0.4 is 5.73 Å². The van der Waals surface area contributed by atoms with Gasteiger partial charge in [-0.3, -0.25) is 19.4 Å². The number of aromatic nitrogens is 1. The molecule has 1 atom stereocenters. The second-order valence-corrected chi connectivity index (χ2v) is 7.52. The van der Waals surface area contributed by atoms with E-state index in [0.717, 1.165) is 16.7 Å². The third-order valence-corrected chi connectivity index (χ3v) is 5.52. The van der Waals surface area contributed by atoms with Crippen molar-refractivity contribution < 1.29 is 14.4 Å². The van der Waals surface area contributed by atoms with Crippen molar-refractivity contribution in [2.24, 2.45) is 11.7 Å². The van der Waals surface area contributed by atoms with Gasteiger partial charge in [0.1, 0.15) is 0 Å². The largest absolute Gasteiger partial charge is 0.370 e. The summed E-state index contributed by atoms with van der Waals surface area (Å²) in [5, 5.41) is 0. The van der Waals surface area contributed by atoms with E-state index in [4.69, 9.17) is 5.73 Å². The number of nitrogens with two attached hydrogens (primary N) is 1. The van der Waals surface area contributed by atoms with E-state index in [-0.39, 0.29) is 30.6 Å². The molecule has 1 aliphatic heterocycles. The molecule has 0 saturated carbocycles. The van der Waals surface area contributed by atoms with Crippen molar-refractivity contribution >= 4 is 17.7 Å². The Morgan fingerprint density at radius 2 is 1.93 bits per heavy atom. The second-order valence-electron chi connectivity index (χ2n) is 7.52. The Labute approximate surface area is 176 Å². The predicted octanol–water partition coefficient (Wildman–Crippen LogP) is 1.86. The molecule has 2 heterocycles. The van der Waals surface area contributed by atoms with Gasteiger partial charge in [-0.2, -0.15) is 0 Å². The van der Waals surface area contributed by atoms with E-state index in [2.05, 4.69) is 4.98 Å². The fourth-order valence-corrected chi connectivity index (χ4v) is 3.89. The van der Waals surface area contributed by atoms with Crippen LogP contribution in [0.4, 0.5) is 0 Å². The molecule has 3 amide bonds. The molecule has 0 aliphatic carbocycles. The maximum atomic E-state index is 13.2. The van der Waals surface area contributed by atoms with E-state index in [9.17, 15) is 14.4 Å². The summed E-state index contributed by atoms with van der Waals surface area (Å²) in [7, 11) is 0. The van der Waals surface area contributed by atoms with E-state index >= 15 is 0 Å². The topological polar surface area (TPSA) is 96.6 Å². The lowest BCUT2D eigenvalue weighted by molar-refractivity contribution is -0.135. The van der Waals surface area contributed by atoms with Gasteiger partial charge in [0.05, 0.1) is 5.92 Å². The van der Waals surface area contributed by atoms with E-state index in [1.807, 2.05) is 49.5 Å². The number of nitrogens with zero attached hydrogens (tertiary/aromatic N) is 3. The number of carbonyl (C=O) groups is 3. The second kappa shape index (κ2) is 10.0. The van der Waals surface area contributed by atoms with Crippen molar-refractivity contribution in [3.63, 3.8) is 0 Å². The van der Waals surface area contributed by atoms with E-state index in [1.54, 1.807) is 16.0 Å². The minimum atomic E-state index is -0.494. The van der Waals surface area contributed by atoms with Crippen molar-refractivity contribution in [1.82, 2.24) is 14.8 Å². The molecule has 0 spiro atoms. The summed E-state index contributed by atoms with van der Waals surface area (Å²) in [5.41, 5.74) is 8.27. The van der Waals surface area contributed by atoms with Crippen LogP contribution in [0.1, 0.15) is 25.3 Å². The highest BCUT2D eigenvalue weighted by Gasteiger charge is 2.32. The smallest absolute Gasteiger partial charge is 0.227 e. The van der Waals surface area contributed by atoms with Crippen LogP contribution in [-0.4, -0.2) is 58.7 Å². The van der Waals surface area contributed by atoms with Gasteiger partial charge in [-0.15, -0.1) is 0 Å². The lowest BCUT2D eigenvalue weighted by atomic mass is 9.91. The maximum Gasteiger partial charge on any atom is 0.227 e. The third kappa shape index (κ3) is 5.23. The molecule has 1 aromatic carbocycles. The monoisotopic (exact) mass is 408 g/mol. The van der Waals surface area contributed by atoms with Crippen LogP contribution in [0, 0.1) is 5.92 Å². The van der Waals surface area contributed by atoms with E-state index in [0.29, 0.717) is 32.6 Å². The standard InChI is InChI=1S/C23H28N4O3/c1-2-26-12-13-27(22(29)10-9-21(24)28)16-19(23(26)30)14-17-6-3-4-8-20(17)18-7-5-11-25-15-18/h3-8,11,15,19H,2,9-10,12-14,16H2,1H3,(H2,24,28)/t19-/m1/s1. The van der Waals surface area contributed by atoms with E-state index in [1.165, 1.54) is 0 Å². The molecule has 30 heavy (non-hydrogen) atoms. The number of primary amides is 1. The highest BCUT2D eigenvalue weighted by molar-refractivity contribution is 5.85. The molecule has 158 valence electrons. The average molecular weight is 409 g/mol.